The molecule has 6 nitrogen and oxygen atoms in total. The molecule has 20 heavy (non-hydrogen) atoms. The normalized spacial score (nSPS) is 11.3. The minimum absolute atomic E-state index is 0.0375. The van der Waals surface area contributed by atoms with E-state index in [0.29, 0.717) is 29.9 Å². The van der Waals surface area contributed by atoms with Crippen molar-refractivity contribution in [3.63, 3.8) is 0 Å². The number of rotatable bonds is 3. The minimum atomic E-state index is -0.487. The molecule has 0 spiro atoms. The molecule has 3 rings (SSSR count). The van der Waals surface area contributed by atoms with Gasteiger partial charge in [0.2, 0.25) is 5.95 Å². The van der Waals surface area contributed by atoms with Crippen molar-refractivity contribution in [1.82, 2.24) is 24.3 Å². The van der Waals surface area contributed by atoms with Crippen LogP contribution in [0.5, 0.6) is 0 Å². The van der Waals surface area contributed by atoms with Crippen LogP contribution in [0, 0.1) is 5.82 Å². The lowest BCUT2D eigenvalue weighted by atomic mass is 10.3. The molecule has 0 aliphatic rings. The van der Waals surface area contributed by atoms with E-state index in [1.807, 2.05) is 11.6 Å². The van der Waals surface area contributed by atoms with Crippen LogP contribution in [0.2, 0.25) is 5.02 Å². The highest BCUT2D eigenvalue weighted by atomic mass is 35.5. The van der Waals surface area contributed by atoms with E-state index in [0.717, 1.165) is 5.82 Å². The van der Waals surface area contributed by atoms with Gasteiger partial charge in [-0.3, -0.25) is 0 Å². The standard InChI is InChI=1S/C12H12ClFN6/c1-19-6-16-18-11(19)2-3-20-10-5-8(14)7(13)4-9(10)17-12(20)15/h4-6H,2-3H2,1H3,(H2,15,17). The maximum Gasteiger partial charge on any atom is 0.201 e. The third-order valence-electron chi connectivity index (χ3n) is 3.18. The highest BCUT2D eigenvalue weighted by Gasteiger charge is 2.12. The molecule has 0 aliphatic heterocycles. The number of benzene rings is 1. The fourth-order valence-corrected chi connectivity index (χ4v) is 2.28. The van der Waals surface area contributed by atoms with Crippen LogP contribution in [0.25, 0.3) is 11.0 Å². The molecule has 0 radical (unpaired) electrons. The Morgan fingerprint density at radius 1 is 1.40 bits per heavy atom. The highest BCUT2D eigenvalue weighted by Crippen LogP contribution is 2.24. The summed E-state index contributed by atoms with van der Waals surface area (Å²) in [6.07, 6.45) is 2.25. The van der Waals surface area contributed by atoms with Crippen LogP contribution < -0.4 is 5.73 Å². The van der Waals surface area contributed by atoms with Crippen LogP contribution in [0.15, 0.2) is 18.5 Å². The number of aryl methyl sites for hydroxylation is 3. The number of halogens is 2. The highest BCUT2D eigenvalue weighted by molar-refractivity contribution is 6.31. The van der Waals surface area contributed by atoms with Crippen molar-refractivity contribution in [2.24, 2.45) is 7.05 Å². The molecule has 0 fully saturated rings. The van der Waals surface area contributed by atoms with Gasteiger partial charge >= 0.3 is 0 Å². The Kier molecular flexibility index (Phi) is 3.06. The van der Waals surface area contributed by atoms with E-state index >= 15 is 0 Å². The van der Waals surface area contributed by atoms with Gasteiger partial charge in [0.1, 0.15) is 18.0 Å². The van der Waals surface area contributed by atoms with E-state index < -0.39 is 5.82 Å². The minimum Gasteiger partial charge on any atom is -0.369 e. The Labute approximate surface area is 119 Å². The zero-order valence-corrected chi connectivity index (χ0v) is 11.5. The Morgan fingerprint density at radius 2 is 2.20 bits per heavy atom. The summed E-state index contributed by atoms with van der Waals surface area (Å²) in [5, 5.41) is 7.85. The number of imidazole rings is 1. The molecule has 1 aromatic carbocycles. The second-order valence-electron chi connectivity index (χ2n) is 4.48. The molecular weight excluding hydrogens is 283 g/mol. The molecule has 0 bridgehead atoms. The van der Waals surface area contributed by atoms with Gasteiger partial charge in [0, 0.05) is 26.1 Å². The molecule has 8 heteroatoms. The molecule has 0 saturated heterocycles. The van der Waals surface area contributed by atoms with E-state index in [2.05, 4.69) is 15.2 Å². The quantitative estimate of drug-likeness (QED) is 0.799. The second-order valence-corrected chi connectivity index (χ2v) is 4.89. The number of fused-ring (bicyclic) bond motifs is 1. The molecule has 2 N–H and O–H groups in total. The fraction of sp³-hybridized carbons (Fsp3) is 0.250. The van der Waals surface area contributed by atoms with Gasteiger partial charge in [0.15, 0.2) is 0 Å². The van der Waals surface area contributed by atoms with Gasteiger partial charge < -0.3 is 14.9 Å². The largest absolute Gasteiger partial charge is 0.369 e. The lowest BCUT2D eigenvalue weighted by Crippen LogP contribution is -2.08. The average molecular weight is 295 g/mol. The summed E-state index contributed by atoms with van der Waals surface area (Å²) in [6, 6.07) is 2.82. The first-order chi connectivity index (χ1) is 9.56. The van der Waals surface area contributed by atoms with Crippen molar-refractivity contribution in [1.29, 1.82) is 0 Å². The van der Waals surface area contributed by atoms with Crippen LogP contribution in [-0.4, -0.2) is 24.3 Å². The van der Waals surface area contributed by atoms with Gasteiger partial charge in [-0.25, -0.2) is 9.37 Å². The summed E-state index contributed by atoms with van der Waals surface area (Å²) in [7, 11) is 1.87. The van der Waals surface area contributed by atoms with Gasteiger partial charge in [-0.05, 0) is 6.07 Å². The lowest BCUT2D eigenvalue weighted by molar-refractivity contribution is 0.626. The summed E-state index contributed by atoms with van der Waals surface area (Å²) in [5.74, 6) is 0.656. The number of aromatic nitrogens is 5. The molecule has 0 aliphatic carbocycles. The summed E-state index contributed by atoms with van der Waals surface area (Å²) in [4.78, 5) is 4.18. The molecule has 0 unspecified atom stereocenters. The van der Waals surface area contributed by atoms with Gasteiger partial charge in [0.25, 0.3) is 0 Å². The number of nitrogens with two attached hydrogens (primary N) is 1. The predicted molar refractivity (Wildman–Crippen MR) is 73.8 cm³/mol. The van der Waals surface area contributed by atoms with Crippen molar-refractivity contribution in [3.8, 4) is 0 Å². The van der Waals surface area contributed by atoms with Crippen molar-refractivity contribution >= 4 is 28.6 Å². The Bertz CT molecular complexity index is 778. The molecule has 0 saturated carbocycles. The average Bonchev–Trinajstić information content (AvgIpc) is 2.92. The van der Waals surface area contributed by atoms with Crippen LogP contribution >= 0.6 is 11.6 Å². The molecule has 0 amide bonds. The summed E-state index contributed by atoms with van der Waals surface area (Å²) in [6.45, 7) is 0.538. The fourth-order valence-electron chi connectivity index (χ4n) is 2.12. The first-order valence-corrected chi connectivity index (χ1v) is 6.37. The molecule has 104 valence electrons. The van der Waals surface area contributed by atoms with Crippen molar-refractivity contribution in [3.05, 3.63) is 35.1 Å². The first-order valence-electron chi connectivity index (χ1n) is 6.00. The third-order valence-corrected chi connectivity index (χ3v) is 3.47. The molecular formula is C12H12ClFN6. The monoisotopic (exact) mass is 294 g/mol. The maximum absolute atomic E-state index is 13.6. The van der Waals surface area contributed by atoms with Gasteiger partial charge in [-0.2, -0.15) is 0 Å². The van der Waals surface area contributed by atoms with Gasteiger partial charge in [0.05, 0.1) is 16.1 Å². The van der Waals surface area contributed by atoms with E-state index in [1.54, 1.807) is 10.9 Å². The van der Waals surface area contributed by atoms with Crippen LogP contribution in [0.4, 0.5) is 10.3 Å². The third kappa shape index (κ3) is 2.09. The number of nitrogens with zero attached hydrogens (tertiary/aromatic N) is 5. The van der Waals surface area contributed by atoms with Crippen LogP contribution in [0.3, 0.4) is 0 Å². The van der Waals surface area contributed by atoms with E-state index in [4.69, 9.17) is 17.3 Å². The van der Waals surface area contributed by atoms with Gasteiger partial charge in [-0.15, -0.1) is 10.2 Å². The van der Waals surface area contributed by atoms with Gasteiger partial charge in [-0.1, -0.05) is 11.6 Å². The Morgan fingerprint density at radius 3 is 2.90 bits per heavy atom. The molecule has 3 aromatic rings. The van der Waals surface area contributed by atoms with Crippen LogP contribution in [-0.2, 0) is 20.0 Å². The molecule has 2 heterocycles. The zero-order valence-electron chi connectivity index (χ0n) is 10.7. The second kappa shape index (κ2) is 4.75. The van der Waals surface area contributed by atoms with E-state index in [9.17, 15) is 4.39 Å². The summed E-state index contributed by atoms with van der Waals surface area (Å²) in [5.41, 5.74) is 7.07. The van der Waals surface area contributed by atoms with E-state index in [-0.39, 0.29) is 5.02 Å². The zero-order chi connectivity index (χ0) is 14.3. The molecule has 2 aromatic heterocycles. The van der Waals surface area contributed by atoms with Crippen molar-refractivity contribution < 1.29 is 4.39 Å². The molecule has 0 atom stereocenters. The van der Waals surface area contributed by atoms with Crippen LogP contribution in [0.1, 0.15) is 5.82 Å². The number of nitrogen functional groups attached to an aromatic ring is 1. The lowest BCUT2D eigenvalue weighted by Gasteiger charge is -2.06. The van der Waals surface area contributed by atoms with Crippen molar-refractivity contribution in [2.45, 2.75) is 13.0 Å². The predicted octanol–water partition coefficient (Wildman–Crippen LogP) is 1.78. The number of hydrogen-bond donors (Lipinski definition) is 1. The summed E-state index contributed by atoms with van der Waals surface area (Å²) < 4.78 is 17.1. The SMILES string of the molecule is Cn1cnnc1CCn1c(N)nc2cc(Cl)c(F)cc21. The van der Waals surface area contributed by atoms with Crippen molar-refractivity contribution in [2.75, 3.05) is 5.73 Å². The first kappa shape index (κ1) is 12.9. The smallest absolute Gasteiger partial charge is 0.201 e. The Balaban J connectivity index is 1.97. The topological polar surface area (TPSA) is 74.5 Å². The maximum atomic E-state index is 13.6. The van der Waals surface area contributed by atoms with E-state index in [1.165, 1.54) is 12.1 Å². The summed E-state index contributed by atoms with van der Waals surface area (Å²) >= 11 is 5.74. The Hall–Kier alpha value is -2.15. The number of anilines is 1. The number of hydrogen-bond acceptors (Lipinski definition) is 4.